The zero-order valence-corrected chi connectivity index (χ0v) is 12.4. The molecule has 0 aliphatic carbocycles. The van der Waals surface area contributed by atoms with Crippen LogP contribution in [0.3, 0.4) is 0 Å². The lowest BCUT2D eigenvalue weighted by Crippen LogP contribution is -2.64. The number of aliphatic hydroxyl groups excluding tert-OH is 7. The molecule has 1 aliphatic rings. The molecule has 1 heterocycles. The number of carbonyl (C=O) groups excluding carboxylic acids is 1. The molecule has 13 nitrogen and oxygen atoms in total. The van der Waals surface area contributed by atoms with E-state index in [4.69, 9.17) is 15.3 Å². The van der Waals surface area contributed by atoms with Crippen LogP contribution in [0, 0.1) is 0 Å². The Bertz CT molecular complexity index is 521. The average molecular weight is 370 g/mol. The molecule has 1 aliphatic heterocycles. The minimum Gasteiger partial charge on any atom is -0.479 e. The molecule has 0 saturated carbocycles. The predicted octanol–water partition coefficient (Wildman–Crippen LogP) is -5.98. The number of rotatable bonds is 7. The van der Waals surface area contributed by atoms with Gasteiger partial charge in [-0.3, -0.25) is 4.79 Å². The van der Waals surface area contributed by atoms with E-state index in [1.165, 1.54) is 0 Å². The Labute approximate surface area is 138 Å². The monoisotopic (exact) mass is 370 g/mol. The molecule has 13 heteroatoms. The minimum atomic E-state index is -2.61. The maximum atomic E-state index is 12.0. The fraction of sp³-hybridized carbons (Fsp3) is 0.750. The summed E-state index contributed by atoms with van der Waals surface area (Å²) < 4.78 is 4.62. The van der Waals surface area contributed by atoms with Gasteiger partial charge >= 0.3 is 11.9 Å². The highest BCUT2D eigenvalue weighted by Gasteiger charge is 2.51. The Kier molecular flexibility index (Phi) is 6.92. The number of carboxylic acids is 2. The largest absolute Gasteiger partial charge is 0.479 e. The van der Waals surface area contributed by atoms with Gasteiger partial charge in [0.05, 0.1) is 0 Å². The highest BCUT2D eigenvalue weighted by molar-refractivity contribution is 5.89. The first-order chi connectivity index (χ1) is 11.4. The van der Waals surface area contributed by atoms with Crippen LogP contribution in [0.1, 0.15) is 0 Å². The molecule has 0 bridgehead atoms. The number of hydrogen-bond donors (Lipinski definition) is 9. The topological polar surface area (TPSA) is 243 Å². The van der Waals surface area contributed by atoms with Crippen molar-refractivity contribution in [1.82, 2.24) is 0 Å². The SMILES string of the molecule is O=C(O)[C@@H](O)[C@H](O)[C@H](O)[C@@H](O)C(=O)[C@@H]1O[C@H](C(=O)O)[C@H](O)[C@H](O)[C@H]1O. The Morgan fingerprint density at radius 2 is 1.16 bits per heavy atom. The summed E-state index contributed by atoms with van der Waals surface area (Å²) >= 11 is 0. The molecule has 1 fully saturated rings. The number of ketones is 1. The van der Waals surface area contributed by atoms with E-state index in [1.807, 2.05) is 0 Å². The lowest BCUT2D eigenvalue weighted by molar-refractivity contribution is -0.229. The summed E-state index contributed by atoms with van der Waals surface area (Å²) in [7, 11) is 0. The van der Waals surface area contributed by atoms with Crippen molar-refractivity contribution in [3.05, 3.63) is 0 Å². The lowest BCUT2D eigenvalue weighted by Gasteiger charge is -2.39. The third-order valence-corrected chi connectivity index (χ3v) is 3.68. The van der Waals surface area contributed by atoms with Gasteiger partial charge in [-0.2, -0.15) is 0 Å². The van der Waals surface area contributed by atoms with Crippen molar-refractivity contribution < 1.29 is 65.1 Å². The second-order valence-corrected chi connectivity index (χ2v) is 5.40. The van der Waals surface area contributed by atoms with Crippen LogP contribution >= 0.6 is 0 Å². The van der Waals surface area contributed by atoms with E-state index in [0.717, 1.165) is 0 Å². The van der Waals surface area contributed by atoms with Crippen LogP contribution < -0.4 is 0 Å². The van der Waals surface area contributed by atoms with Crippen LogP contribution in [0.2, 0.25) is 0 Å². The summed E-state index contributed by atoms with van der Waals surface area (Å²) in [6.45, 7) is 0. The van der Waals surface area contributed by atoms with E-state index >= 15 is 0 Å². The summed E-state index contributed by atoms with van der Waals surface area (Å²) in [4.78, 5) is 33.5. The fourth-order valence-electron chi connectivity index (χ4n) is 2.18. The molecule has 0 amide bonds. The predicted molar refractivity (Wildman–Crippen MR) is 71.0 cm³/mol. The molecule has 1 rings (SSSR count). The van der Waals surface area contributed by atoms with Crippen LogP contribution in [0.5, 0.6) is 0 Å². The number of aliphatic carboxylic acids is 2. The second-order valence-electron chi connectivity index (χ2n) is 5.40. The van der Waals surface area contributed by atoms with E-state index in [-0.39, 0.29) is 0 Å². The van der Waals surface area contributed by atoms with Gasteiger partial charge in [0, 0.05) is 0 Å². The van der Waals surface area contributed by atoms with Gasteiger partial charge in [-0.25, -0.2) is 9.59 Å². The summed E-state index contributed by atoms with van der Waals surface area (Å²) in [6, 6.07) is 0. The summed E-state index contributed by atoms with van der Waals surface area (Å²) in [5, 5.41) is 83.8. The standard InChI is InChI=1S/C12H18O13/c13-1(3(15)8(20)11(21)22)2(14)5(17)9-6(18)4(16)7(19)10(25-9)12(23)24/h1-4,6-10,13-16,18-20H,(H,21,22)(H,23,24)/t1-,2-,3-,4-,6-,7-,8+,9+,10+/m1/s1. The number of Topliss-reactive ketones (excluding diaryl/α,β-unsaturated/α-hetero) is 1. The van der Waals surface area contributed by atoms with Crippen molar-refractivity contribution in [2.45, 2.75) is 54.9 Å². The van der Waals surface area contributed by atoms with Crippen LogP contribution in [0.15, 0.2) is 0 Å². The van der Waals surface area contributed by atoms with Crippen molar-refractivity contribution in [1.29, 1.82) is 0 Å². The Hall–Kier alpha value is -1.71. The minimum absolute atomic E-state index is 1.62. The Morgan fingerprint density at radius 3 is 1.60 bits per heavy atom. The van der Waals surface area contributed by atoms with Crippen LogP contribution in [-0.4, -0.2) is 119 Å². The number of hydrogen-bond acceptors (Lipinski definition) is 11. The van der Waals surface area contributed by atoms with Crippen molar-refractivity contribution in [2.75, 3.05) is 0 Å². The summed E-state index contributed by atoms with van der Waals surface area (Å²) in [6.07, 6.45) is -21.0. The van der Waals surface area contributed by atoms with Gasteiger partial charge in [-0.15, -0.1) is 0 Å². The van der Waals surface area contributed by atoms with Gasteiger partial charge in [0.25, 0.3) is 0 Å². The van der Waals surface area contributed by atoms with Gasteiger partial charge in [0.2, 0.25) is 0 Å². The maximum absolute atomic E-state index is 12.0. The summed E-state index contributed by atoms with van der Waals surface area (Å²) in [5.74, 6) is -5.38. The van der Waals surface area contributed by atoms with Gasteiger partial charge in [-0.05, 0) is 0 Å². The highest BCUT2D eigenvalue weighted by atomic mass is 16.6. The van der Waals surface area contributed by atoms with Gasteiger partial charge < -0.3 is 50.7 Å². The number of aliphatic hydroxyl groups is 7. The van der Waals surface area contributed by atoms with Crippen molar-refractivity contribution >= 4 is 17.7 Å². The first kappa shape index (κ1) is 21.3. The van der Waals surface area contributed by atoms with Gasteiger partial charge in [0.15, 0.2) is 18.0 Å². The van der Waals surface area contributed by atoms with Crippen molar-refractivity contribution in [2.24, 2.45) is 0 Å². The van der Waals surface area contributed by atoms with E-state index < -0.39 is 72.7 Å². The molecule has 9 atom stereocenters. The van der Waals surface area contributed by atoms with Crippen molar-refractivity contribution in [3.8, 4) is 0 Å². The summed E-state index contributed by atoms with van der Waals surface area (Å²) in [5.41, 5.74) is 0. The van der Waals surface area contributed by atoms with Gasteiger partial charge in [0.1, 0.15) is 42.7 Å². The molecule has 0 radical (unpaired) electrons. The molecule has 0 aromatic carbocycles. The highest BCUT2D eigenvalue weighted by Crippen LogP contribution is 2.24. The fourth-order valence-corrected chi connectivity index (χ4v) is 2.18. The number of ether oxygens (including phenoxy) is 1. The smallest absolute Gasteiger partial charge is 0.335 e. The molecular weight excluding hydrogens is 352 g/mol. The molecule has 9 N–H and O–H groups in total. The third kappa shape index (κ3) is 4.28. The molecule has 0 aromatic rings. The molecule has 0 spiro atoms. The van der Waals surface area contributed by atoms with Crippen LogP contribution in [0.4, 0.5) is 0 Å². The second kappa shape index (κ2) is 8.11. The zero-order chi connectivity index (χ0) is 19.6. The van der Waals surface area contributed by atoms with Crippen molar-refractivity contribution in [3.63, 3.8) is 0 Å². The average Bonchev–Trinajstić information content (AvgIpc) is 2.56. The normalized spacial score (nSPS) is 34.6. The first-order valence-electron chi connectivity index (χ1n) is 6.83. The molecule has 0 aromatic heterocycles. The Balaban J connectivity index is 2.96. The number of carboxylic acid groups (broad SMARTS) is 2. The van der Waals surface area contributed by atoms with Gasteiger partial charge in [-0.1, -0.05) is 0 Å². The quantitative estimate of drug-likeness (QED) is 0.203. The van der Waals surface area contributed by atoms with Crippen LogP contribution in [-0.2, 0) is 19.1 Å². The van der Waals surface area contributed by atoms with E-state index in [2.05, 4.69) is 4.74 Å². The molecular formula is C12H18O13. The van der Waals surface area contributed by atoms with E-state index in [0.29, 0.717) is 0 Å². The lowest BCUT2D eigenvalue weighted by atomic mass is 9.89. The van der Waals surface area contributed by atoms with E-state index in [1.54, 1.807) is 0 Å². The molecule has 144 valence electrons. The number of carbonyl (C=O) groups is 3. The molecule has 0 unspecified atom stereocenters. The maximum Gasteiger partial charge on any atom is 0.335 e. The first-order valence-corrected chi connectivity index (χ1v) is 6.83. The third-order valence-electron chi connectivity index (χ3n) is 3.68. The molecule has 1 saturated heterocycles. The zero-order valence-electron chi connectivity index (χ0n) is 12.4. The van der Waals surface area contributed by atoms with E-state index in [9.17, 15) is 45.0 Å². The molecule has 25 heavy (non-hydrogen) atoms. The van der Waals surface area contributed by atoms with Crippen LogP contribution in [0.25, 0.3) is 0 Å². The Morgan fingerprint density at radius 1 is 0.720 bits per heavy atom.